The summed E-state index contributed by atoms with van der Waals surface area (Å²) in [5.74, 6) is 1.63. The van der Waals surface area contributed by atoms with Crippen molar-refractivity contribution in [2.75, 3.05) is 20.1 Å². The molecule has 4 nitrogen and oxygen atoms in total. The van der Waals surface area contributed by atoms with Crippen LogP contribution in [0.4, 0.5) is 0 Å². The van der Waals surface area contributed by atoms with Crippen molar-refractivity contribution in [1.29, 1.82) is 0 Å². The first-order valence-corrected chi connectivity index (χ1v) is 7.75. The SMILES string of the molecule is CC1CN(C(=O)C2C3CCC(C3)C2N)CC(C)N1C. The molecule has 6 unspecified atom stereocenters. The quantitative estimate of drug-likeness (QED) is 0.767. The first-order chi connectivity index (χ1) is 8.99. The Labute approximate surface area is 116 Å². The highest BCUT2D eigenvalue weighted by Gasteiger charge is 2.50. The third-order valence-electron chi connectivity index (χ3n) is 5.94. The van der Waals surface area contributed by atoms with Crippen molar-refractivity contribution in [3.63, 3.8) is 0 Å². The lowest BCUT2D eigenvalue weighted by atomic mass is 9.83. The van der Waals surface area contributed by atoms with Crippen molar-refractivity contribution in [1.82, 2.24) is 9.80 Å². The zero-order valence-corrected chi connectivity index (χ0v) is 12.4. The molecule has 0 radical (unpaired) electrons. The molecule has 0 aromatic carbocycles. The molecule has 3 fully saturated rings. The van der Waals surface area contributed by atoms with Gasteiger partial charge in [0.1, 0.15) is 0 Å². The molecule has 0 aromatic rings. The fourth-order valence-electron chi connectivity index (χ4n) is 4.50. The summed E-state index contributed by atoms with van der Waals surface area (Å²) >= 11 is 0. The summed E-state index contributed by atoms with van der Waals surface area (Å²) in [4.78, 5) is 17.3. The summed E-state index contributed by atoms with van der Waals surface area (Å²) in [6.07, 6.45) is 3.65. The summed E-state index contributed by atoms with van der Waals surface area (Å²) in [5, 5.41) is 0. The number of hydrogen-bond donors (Lipinski definition) is 1. The van der Waals surface area contributed by atoms with Crippen LogP contribution in [0.1, 0.15) is 33.1 Å². The third-order valence-corrected chi connectivity index (χ3v) is 5.94. The molecule has 2 N–H and O–H groups in total. The van der Waals surface area contributed by atoms with Crippen LogP contribution in [0.2, 0.25) is 0 Å². The van der Waals surface area contributed by atoms with E-state index in [1.165, 1.54) is 19.3 Å². The summed E-state index contributed by atoms with van der Waals surface area (Å²) < 4.78 is 0. The average molecular weight is 265 g/mol. The highest BCUT2D eigenvalue weighted by atomic mass is 16.2. The van der Waals surface area contributed by atoms with Gasteiger partial charge >= 0.3 is 0 Å². The largest absolute Gasteiger partial charge is 0.339 e. The lowest BCUT2D eigenvalue weighted by Gasteiger charge is -2.44. The van der Waals surface area contributed by atoms with Crippen LogP contribution in [-0.2, 0) is 4.79 Å². The Morgan fingerprint density at radius 3 is 2.21 bits per heavy atom. The van der Waals surface area contributed by atoms with Gasteiger partial charge in [-0.2, -0.15) is 0 Å². The zero-order valence-electron chi connectivity index (χ0n) is 12.4. The van der Waals surface area contributed by atoms with Crippen LogP contribution in [0.3, 0.4) is 0 Å². The molecule has 1 saturated heterocycles. The van der Waals surface area contributed by atoms with E-state index in [-0.39, 0.29) is 12.0 Å². The Kier molecular flexibility index (Phi) is 3.34. The minimum atomic E-state index is 0.113. The second kappa shape index (κ2) is 4.74. The molecule has 2 bridgehead atoms. The molecule has 1 heterocycles. The molecule has 3 rings (SSSR count). The van der Waals surface area contributed by atoms with Gasteiger partial charge in [0.05, 0.1) is 5.92 Å². The van der Waals surface area contributed by atoms with E-state index in [9.17, 15) is 4.79 Å². The maximum absolute atomic E-state index is 12.8. The number of nitrogens with two attached hydrogens (primary N) is 1. The van der Waals surface area contributed by atoms with Crippen LogP contribution in [0.25, 0.3) is 0 Å². The second-order valence-corrected chi connectivity index (χ2v) is 7.04. The normalized spacial score (nSPS) is 46.8. The van der Waals surface area contributed by atoms with E-state index in [0.717, 1.165) is 13.1 Å². The molecule has 108 valence electrons. The second-order valence-electron chi connectivity index (χ2n) is 7.04. The maximum atomic E-state index is 12.8. The van der Waals surface area contributed by atoms with Crippen LogP contribution in [-0.4, -0.2) is 54.0 Å². The molecule has 6 atom stereocenters. The monoisotopic (exact) mass is 265 g/mol. The van der Waals surface area contributed by atoms with Crippen LogP contribution in [0.5, 0.6) is 0 Å². The Morgan fingerprint density at radius 2 is 1.68 bits per heavy atom. The van der Waals surface area contributed by atoms with Crippen molar-refractivity contribution in [2.24, 2.45) is 23.5 Å². The molecule has 4 heteroatoms. The first-order valence-electron chi connectivity index (χ1n) is 7.75. The number of nitrogens with zero attached hydrogens (tertiary/aromatic N) is 2. The van der Waals surface area contributed by atoms with E-state index in [2.05, 4.69) is 30.7 Å². The maximum Gasteiger partial charge on any atom is 0.227 e. The Morgan fingerprint density at radius 1 is 1.11 bits per heavy atom. The van der Waals surface area contributed by atoms with Gasteiger partial charge in [-0.15, -0.1) is 0 Å². The summed E-state index contributed by atoms with van der Waals surface area (Å²) in [7, 11) is 2.15. The van der Waals surface area contributed by atoms with Crippen molar-refractivity contribution < 1.29 is 4.79 Å². The Balaban J connectivity index is 1.71. The van der Waals surface area contributed by atoms with Crippen molar-refractivity contribution >= 4 is 5.91 Å². The van der Waals surface area contributed by atoms with Gasteiger partial charge in [-0.05, 0) is 52.0 Å². The standard InChI is InChI=1S/C15H27N3O/c1-9-7-18(8-10(2)17(9)3)15(19)13-11-4-5-12(6-11)14(13)16/h9-14H,4-8,16H2,1-3H3. The number of carbonyl (C=O) groups excluding carboxylic acids is 1. The van der Waals surface area contributed by atoms with Gasteiger partial charge in [-0.1, -0.05) is 0 Å². The fourth-order valence-corrected chi connectivity index (χ4v) is 4.50. The minimum absolute atomic E-state index is 0.113. The smallest absolute Gasteiger partial charge is 0.227 e. The van der Waals surface area contributed by atoms with Gasteiger partial charge in [0.25, 0.3) is 0 Å². The van der Waals surface area contributed by atoms with E-state index < -0.39 is 0 Å². The molecule has 0 aromatic heterocycles. The Bertz CT molecular complexity index is 358. The molecular weight excluding hydrogens is 238 g/mol. The van der Waals surface area contributed by atoms with Gasteiger partial charge in [0.15, 0.2) is 0 Å². The topological polar surface area (TPSA) is 49.6 Å². The lowest BCUT2D eigenvalue weighted by molar-refractivity contribution is -0.141. The number of likely N-dealkylation sites (N-methyl/N-ethyl adjacent to an activating group) is 1. The molecule has 2 aliphatic carbocycles. The van der Waals surface area contributed by atoms with E-state index >= 15 is 0 Å². The first kappa shape index (κ1) is 13.4. The number of rotatable bonds is 1. The molecule has 1 amide bonds. The number of piperazine rings is 1. The molecular formula is C15H27N3O. The van der Waals surface area contributed by atoms with E-state index in [1.54, 1.807) is 0 Å². The molecule has 0 spiro atoms. The van der Waals surface area contributed by atoms with Gasteiger partial charge in [0, 0.05) is 31.2 Å². The Hall–Kier alpha value is -0.610. The van der Waals surface area contributed by atoms with Gasteiger partial charge in [-0.25, -0.2) is 0 Å². The number of carbonyl (C=O) groups is 1. The average Bonchev–Trinajstić information content (AvgIpc) is 2.95. The number of amides is 1. The van der Waals surface area contributed by atoms with Gasteiger partial charge in [-0.3, -0.25) is 9.69 Å². The van der Waals surface area contributed by atoms with Crippen LogP contribution in [0.15, 0.2) is 0 Å². The van der Waals surface area contributed by atoms with Crippen molar-refractivity contribution in [3.05, 3.63) is 0 Å². The number of fused-ring (bicyclic) bond motifs is 2. The van der Waals surface area contributed by atoms with Gasteiger partial charge in [0.2, 0.25) is 5.91 Å². The van der Waals surface area contributed by atoms with Crippen LogP contribution >= 0.6 is 0 Å². The van der Waals surface area contributed by atoms with E-state index in [4.69, 9.17) is 5.73 Å². The van der Waals surface area contributed by atoms with Gasteiger partial charge < -0.3 is 10.6 Å². The highest BCUT2D eigenvalue weighted by molar-refractivity contribution is 5.80. The predicted octanol–water partition coefficient (Wildman–Crippen LogP) is 0.911. The summed E-state index contributed by atoms with van der Waals surface area (Å²) in [5.41, 5.74) is 6.31. The van der Waals surface area contributed by atoms with Crippen molar-refractivity contribution in [2.45, 2.75) is 51.2 Å². The number of hydrogen-bond acceptors (Lipinski definition) is 3. The summed E-state index contributed by atoms with van der Waals surface area (Å²) in [6, 6.07) is 1.02. The molecule has 3 aliphatic rings. The zero-order chi connectivity index (χ0) is 13.7. The fraction of sp³-hybridized carbons (Fsp3) is 0.933. The third kappa shape index (κ3) is 2.09. The van der Waals surface area contributed by atoms with Crippen molar-refractivity contribution in [3.8, 4) is 0 Å². The highest BCUT2D eigenvalue weighted by Crippen LogP contribution is 2.48. The van der Waals surface area contributed by atoms with Crippen LogP contribution < -0.4 is 5.73 Å². The predicted molar refractivity (Wildman–Crippen MR) is 75.6 cm³/mol. The van der Waals surface area contributed by atoms with E-state index in [1.807, 2.05) is 0 Å². The minimum Gasteiger partial charge on any atom is -0.339 e. The molecule has 2 saturated carbocycles. The van der Waals surface area contributed by atoms with E-state index in [0.29, 0.717) is 29.8 Å². The summed E-state index contributed by atoms with van der Waals surface area (Å²) in [6.45, 7) is 6.13. The molecule has 19 heavy (non-hydrogen) atoms. The van der Waals surface area contributed by atoms with Crippen LogP contribution in [0, 0.1) is 17.8 Å². The molecule has 1 aliphatic heterocycles. The lowest BCUT2D eigenvalue weighted by Crippen LogP contribution is -2.59.